The lowest BCUT2D eigenvalue weighted by molar-refractivity contribution is -0.197. The van der Waals surface area contributed by atoms with Gasteiger partial charge in [0.15, 0.2) is 23.5 Å². The van der Waals surface area contributed by atoms with E-state index in [1.165, 1.54) is 0 Å². The molecule has 4 atom stereocenters. The van der Waals surface area contributed by atoms with Crippen LogP contribution in [0, 0.1) is 0 Å². The average molecular weight is 566 g/mol. The number of anilines is 1. The maximum absolute atomic E-state index is 11.8. The second kappa shape index (κ2) is 10.4. The van der Waals surface area contributed by atoms with Crippen molar-refractivity contribution in [2.75, 3.05) is 5.32 Å². The number of aromatic carboxylic acids is 1. The van der Waals surface area contributed by atoms with Crippen LogP contribution in [0.1, 0.15) is 47.4 Å². The Hall–Kier alpha value is -3.61. The van der Waals surface area contributed by atoms with Gasteiger partial charge in [0.1, 0.15) is 24.6 Å². The molecule has 0 radical (unpaired) electrons. The van der Waals surface area contributed by atoms with E-state index in [0.717, 1.165) is 5.56 Å². The van der Waals surface area contributed by atoms with E-state index in [4.69, 9.17) is 25.8 Å². The summed E-state index contributed by atoms with van der Waals surface area (Å²) in [4.78, 5) is 20.8. The molecule has 2 aliphatic heterocycles. The third-order valence-corrected chi connectivity index (χ3v) is 7.45. The number of hydrogen-bond donors (Lipinski definition) is 3. The minimum absolute atomic E-state index is 0.210. The second-order valence-corrected chi connectivity index (χ2v) is 10.6. The SMILES string of the molecule is CC1(C)O[C@@H]2[C@H](O1)[C@@H](Cc1ccccc1C(=O)O)O[C@H]2n1ncc2c(NCc3ccccc3Cl)nc(CO)nc21. The van der Waals surface area contributed by atoms with Crippen LogP contribution in [0.5, 0.6) is 0 Å². The van der Waals surface area contributed by atoms with Crippen LogP contribution < -0.4 is 5.32 Å². The molecule has 40 heavy (non-hydrogen) atoms. The Morgan fingerprint density at radius 1 is 1.07 bits per heavy atom. The molecule has 0 spiro atoms. The van der Waals surface area contributed by atoms with Crippen molar-refractivity contribution < 1.29 is 29.2 Å². The maximum atomic E-state index is 11.8. The van der Waals surface area contributed by atoms with Crippen molar-refractivity contribution in [2.45, 2.75) is 63.7 Å². The van der Waals surface area contributed by atoms with Gasteiger partial charge in [-0.2, -0.15) is 5.10 Å². The summed E-state index contributed by atoms with van der Waals surface area (Å²) in [6.07, 6.45) is -0.291. The normalized spacial score (nSPS) is 23.4. The highest BCUT2D eigenvalue weighted by atomic mass is 35.5. The molecule has 2 aliphatic rings. The van der Waals surface area contributed by atoms with Crippen molar-refractivity contribution in [1.82, 2.24) is 19.7 Å². The molecule has 208 valence electrons. The minimum atomic E-state index is -1.01. The molecule has 0 unspecified atom stereocenters. The van der Waals surface area contributed by atoms with E-state index in [9.17, 15) is 15.0 Å². The Balaban J connectivity index is 1.34. The first-order valence-electron chi connectivity index (χ1n) is 12.9. The molecule has 2 aromatic carbocycles. The van der Waals surface area contributed by atoms with Crippen LogP contribution in [0.2, 0.25) is 5.02 Å². The molecule has 0 aliphatic carbocycles. The largest absolute Gasteiger partial charge is 0.478 e. The Bertz CT molecular complexity index is 1580. The molecule has 0 amide bonds. The number of carboxylic acid groups (broad SMARTS) is 1. The third-order valence-electron chi connectivity index (χ3n) is 7.08. The van der Waals surface area contributed by atoms with Crippen LogP contribution in [-0.4, -0.2) is 60.0 Å². The molecular formula is C28H28ClN5O6. The summed E-state index contributed by atoms with van der Waals surface area (Å²) in [5.74, 6) is -1.18. The van der Waals surface area contributed by atoms with Crippen molar-refractivity contribution in [3.8, 4) is 0 Å². The number of aliphatic hydroxyl groups is 1. The molecule has 0 saturated carbocycles. The van der Waals surface area contributed by atoms with Gasteiger partial charge in [-0.1, -0.05) is 48.0 Å². The lowest BCUT2D eigenvalue weighted by atomic mass is 9.98. The van der Waals surface area contributed by atoms with Crippen LogP contribution in [0.15, 0.2) is 54.7 Å². The van der Waals surface area contributed by atoms with Crippen molar-refractivity contribution in [3.63, 3.8) is 0 Å². The Morgan fingerprint density at radius 3 is 2.55 bits per heavy atom. The van der Waals surface area contributed by atoms with Gasteiger partial charge in [-0.15, -0.1) is 0 Å². The van der Waals surface area contributed by atoms with Gasteiger partial charge in [-0.25, -0.2) is 19.4 Å². The summed E-state index contributed by atoms with van der Waals surface area (Å²) in [5.41, 5.74) is 2.18. The lowest BCUT2D eigenvalue weighted by Gasteiger charge is -2.24. The average Bonchev–Trinajstić information content (AvgIpc) is 3.59. The number of ether oxygens (including phenoxy) is 3. The lowest BCUT2D eigenvalue weighted by Crippen LogP contribution is -2.31. The predicted molar refractivity (Wildman–Crippen MR) is 145 cm³/mol. The molecule has 12 heteroatoms. The first-order valence-corrected chi connectivity index (χ1v) is 13.3. The number of hydrogen-bond acceptors (Lipinski definition) is 9. The Kier molecular flexibility index (Phi) is 6.93. The van der Waals surface area contributed by atoms with E-state index in [2.05, 4.69) is 20.4 Å². The highest BCUT2D eigenvalue weighted by Gasteiger charge is 2.56. The van der Waals surface area contributed by atoms with Crippen molar-refractivity contribution in [3.05, 3.63) is 82.3 Å². The van der Waals surface area contributed by atoms with Crippen LogP contribution in [0.25, 0.3) is 11.0 Å². The molecule has 2 aromatic heterocycles. The fraction of sp³-hybridized carbons (Fsp3) is 0.357. The van der Waals surface area contributed by atoms with E-state index >= 15 is 0 Å². The number of nitrogens with zero attached hydrogens (tertiary/aromatic N) is 4. The molecule has 4 heterocycles. The van der Waals surface area contributed by atoms with Gasteiger partial charge in [-0.05, 0) is 37.1 Å². The minimum Gasteiger partial charge on any atom is -0.478 e. The predicted octanol–water partition coefficient (Wildman–Crippen LogP) is 3.94. The summed E-state index contributed by atoms with van der Waals surface area (Å²) in [6, 6.07) is 14.3. The number of aliphatic hydroxyl groups excluding tert-OH is 1. The van der Waals surface area contributed by atoms with Crippen molar-refractivity contribution in [2.24, 2.45) is 0 Å². The highest BCUT2D eigenvalue weighted by Crippen LogP contribution is 2.44. The van der Waals surface area contributed by atoms with Crippen molar-refractivity contribution in [1.29, 1.82) is 0 Å². The van der Waals surface area contributed by atoms with E-state index in [1.807, 2.05) is 38.1 Å². The fourth-order valence-electron chi connectivity index (χ4n) is 5.33. The third kappa shape index (κ3) is 4.91. The zero-order valence-corrected chi connectivity index (χ0v) is 22.6. The summed E-state index contributed by atoms with van der Waals surface area (Å²) in [7, 11) is 0. The first-order chi connectivity index (χ1) is 19.2. The second-order valence-electron chi connectivity index (χ2n) is 10.2. The van der Waals surface area contributed by atoms with Gasteiger partial charge in [0.2, 0.25) is 0 Å². The fourth-order valence-corrected chi connectivity index (χ4v) is 5.53. The molecular weight excluding hydrogens is 538 g/mol. The van der Waals surface area contributed by atoms with Gasteiger partial charge in [0, 0.05) is 18.0 Å². The maximum Gasteiger partial charge on any atom is 0.335 e. The van der Waals surface area contributed by atoms with Gasteiger partial charge < -0.3 is 29.7 Å². The molecule has 0 bridgehead atoms. The number of carboxylic acids is 1. The zero-order chi connectivity index (χ0) is 28.0. The van der Waals surface area contributed by atoms with Gasteiger partial charge >= 0.3 is 5.97 Å². The number of halogens is 1. The smallest absolute Gasteiger partial charge is 0.335 e. The highest BCUT2D eigenvalue weighted by molar-refractivity contribution is 6.31. The number of benzene rings is 2. The monoisotopic (exact) mass is 565 g/mol. The number of nitrogens with one attached hydrogen (secondary N) is 1. The molecule has 6 rings (SSSR count). The van der Waals surface area contributed by atoms with Crippen LogP contribution in [0.3, 0.4) is 0 Å². The summed E-state index contributed by atoms with van der Waals surface area (Å²) in [6.45, 7) is 3.69. The van der Waals surface area contributed by atoms with Crippen LogP contribution in [-0.2, 0) is 33.8 Å². The quantitative estimate of drug-likeness (QED) is 0.287. The van der Waals surface area contributed by atoms with Gasteiger partial charge in [-0.3, -0.25) is 0 Å². The van der Waals surface area contributed by atoms with E-state index in [-0.39, 0.29) is 18.0 Å². The standard InChI is InChI=1S/C28H28ClN5O6/c1-28(2)39-22-20(11-15-7-3-5-9-17(15)27(36)37)38-26(23(22)40-28)34-25-18(13-31-34)24(32-21(14-35)33-25)30-12-16-8-4-6-10-19(16)29/h3-10,13,20,22-23,26,35H,11-12,14H2,1-2H3,(H,36,37)(H,30,32,33)/t20-,22-,23-,26-/m1/s1. The van der Waals surface area contributed by atoms with Gasteiger partial charge in [0.05, 0.1) is 23.3 Å². The van der Waals surface area contributed by atoms with Crippen LogP contribution in [0.4, 0.5) is 5.82 Å². The van der Waals surface area contributed by atoms with E-state index in [1.54, 1.807) is 35.1 Å². The topological polar surface area (TPSA) is 141 Å². The molecule has 2 saturated heterocycles. The molecule has 4 aromatic rings. The van der Waals surface area contributed by atoms with Gasteiger partial charge in [0.25, 0.3) is 0 Å². The Labute approximate surface area is 234 Å². The van der Waals surface area contributed by atoms with E-state index < -0.39 is 36.3 Å². The van der Waals surface area contributed by atoms with Crippen LogP contribution >= 0.6 is 11.6 Å². The van der Waals surface area contributed by atoms with Crippen molar-refractivity contribution >= 4 is 34.4 Å². The zero-order valence-electron chi connectivity index (χ0n) is 21.8. The summed E-state index contributed by atoms with van der Waals surface area (Å²) < 4.78 is 20.6. The number of aromatic nitrogens is 4. The molecule has 11 nitrogen and oxygen atoms in total. The summed E-state index contributed by atoms with van der Waals surface area (Å²) >= 11 is 6.33. The number of carbonyl (C=O) groups is 1. The molecule has 3 N–H and O–H groups in total. The number of fused-ring (bicyclic) bond motifs is 2. The Morgan fingerprint density at radius 2 is 1.80 bits per heavy atom. The summed E-state index contributed by atoms with van der Waals surface area (Å²) in [5, 5.41) is 28.7. The number of rotatable bonds is 8. The van der Waals surface area contributed by atoms with E-state index in [0.29, 0.717) is 40.4 Å². The molecule has 2 fully saturated rings. The first kappa shape index (κ1) is 26.6.